The van der Waals surface area contributed by atoms with E-state index in [9.17, 15) is 14.0 Å². The Kier molecular flexibility index (Phi) is 7.46. The number of fused-ring (bicyclic) bond motifs is 2. The summed E-state index contributed by atoms with van der Waals surface area (Å²) in [5.74, 6) is 0.217. The molecule has 0 saturated carbocycles. The van der Waals surface area contributed by atoms with E-state index in [0.717, 1.165) is 22.4 Å². The highest BCUT2D eigenvalue weighted by atomic mass is 19.1. The van der Waals surface area contributed by atoms with E-state index < -0.39 is 11.8 Å². The largest absolute Gasteiger partial charge is 0.493 e. The van der Waals surface area contributed by atoms with Crippen molar-refractivity contribution >= 4 is 29.2 Å². The summed E-state index contributed by atoms with van der Waals surface area (Å²) in [5, 5.41) is 8.92. The Hall–Kier alpha value is -4.79. The van der Waals surface area contributed by atoms with E-state index in [4.69, 9.17) is 9.84 Å². The van der Waals surface area contributed by atoms with Crippen LogP contribution in [0.5, 0.6) is 5.75 Å². The number of carboxylic acids is 1. The number of aliphatic carboxylic acids is 1. The lowest BCUT2D eigenvalue weighted by atomic mass is 10.0. The average molecular weight is 541 g/mol. The van der Waals surface area contributed by atoms with Crippen molar-refractivity contribution in [3.8, 4) is 16.9 Å². The van der Waals surface area contributed by atoms with Crippen LogP contribution in [0.1, 0.15) is 34.0 Å². The molecule has 0 aliphatic carbocycles. The highest BCUT2D eigenvalue weighted by Gasteiger charge is 2.30. The second-order valence-corrected chi connectivity index (χ2v) is 9.62. The van der Waals surface area contributed by atoms with Crippen LogP contribution in [0.15, 0.2) is 67.0 Å². The molecule has 0 bridgehead atoms. The number of pyridine rings is 2. The first kappa shape index (κ1) is 26.8. The summed E-state index contributed by atoms with van der Waals surface area (Å²) < 4.78 is 20.4. The van der Waals surface area contributed by atoms with Crippen LogP contribution in [-0.4, -0.2) is 47.2 Å². The number of hydrogen-bond donors (Lipinski definition) is 1. The van der Waals surface area contributed by atoms with Gasteiger partial charge < -0.3 is 19.6 Å². The van der Waals surface area contributed by atoms with Crippen LogP contribution in [-0.2, 0) is 17.6 Å². The highest BCUT2D eigenvalue weighted by Crippen LogP contribution is 2.37. The van der Waals surface area contributed by atoms with Crippen LogP contribution in [0.4, 0.5) is 21.7 Å². The molecule has 2 aromatic heterocycles. The molecule has 5 rings (SSSR count). The van der Waals surface area contributed by atoms with Crippen molar-refractivity contribution in [2.24, 2.45) is 0 Å². The molecule has 0 radical (unpaired) electrons. The fraction of sp³-hybridized carbons (Fsp3) is 0.226. The van der Waals surface area contributed by atoms with Crippen LogP contribution in [0.25, 0.3) is 11.1 Å². The Labute approximate surface area is 231 Å². The number of anilines is 3. The number of carbonyl (C=O) groups is 2. The van der Waals surface area contributed by atoms with Crippen molar-refractivity contribution in [2.75, 3.05) is 30.0 Å². The number of nitrogens with zero attached hydrogens (tertiary/aromatic N) is 4. The SMILES string of the molecule is CCN1c2ncc(CCOc3ccc(-c4ccc(CC(=O)O)c(F)c4)cc3C)cc2C(=O)N(C)c2cccnc21. The number of halogens is 1. The molecule has 8 nitrogen and oxygen atoms in total. The smallest absolute Gasteiger partial charge is 0.307 e. The lowest BCUT2D eigenvalue weighted by molar-refractivity contribution is -0.136. The van der Waals surface area contributed by atoms with E-state index in [-0.39, 0.29) is 17.9 Å². The van der Waals surface area contributed by atoms with Crippen molar-refractivity contribution < 1.29 is 23.8 Å². The van der Waals surface area contributed by atoms with E-state index >= 15 is 0 Å². The molecule has 4 aromatic rings. The van der Waals surface area contributed by atoms with E-state index in [0.29, 0.717) is 48.1 Å². The van der Waals surface area contributed by atoms with Crippen LogP contribution < -0.4 is 14.5 Å². The summed E-state index contributed by atoms with van der Waals surface area (Å²) in [7, 11) is 1.74. The first-order chi connectivity index (χ1) is 19.3. The molecule has 0 saturated heterocycles. The number of benzene rings is 2. The third-order valence-electron chi connectivity index (χ3n) is 6.96. The van der Waals surface area contributed by atoms with E-state index in [1.165, 1.54) is 12.1 Å². The predicted molar refractivity (Wildman–Crippen MR) is 151 cm³/mol. The molecule has 9 heteroatoms. The standard InChI is InChI=1S/C31H29FN4O4/c1-4-36-29-24(31(39)35(3)26-6-5-12-33-30(26)36)15-20(18-34-29)11-13-40-27-10-9-21(14-19(27)2)22-7-8-23(17-28(37)38)25(32)16-22/h5-10,12,14-16,18H,4,11,13,17H2,1-3H3,(H,37,38). The van der Waals surface area contributed by atoms with E-state index in [1.54, 1.807) is 30.4 Å². The van der Waals surface area contributed by atoms with Gasteiger partial charge in [-0.15, -0.1) is 0 Å². The Morgan fingerprint density at radius 3 is 2.55 bits per heavy atom. The molecular formula is C31H29FN4O4. The van der Waals surface area contributed by atoms with Crippen LogP contribution >= 0.6 is 0 Å². The Bertz CT molecular complexity index is 1610. The molecule has 1 N–H and O–H groups in total. The van der Waals surface area contributed by atoms with Gasteiger partial charge in [0.2, 0.25) is 0 Å². The number of carboxylic acid groups (broad SMARTS) is 1. The van der Waals surface area contributed by atoms with Gasteiger partial charge in [-0.3, -0.25) is 9.59 Å². The molecule has 1 amide bonds. The zero-order valence-electron chi connectivity index (χ0n) is 22.5. The highest BCUT2D eigenvalue weighted by molar-refractivity contribution is 6.12. The molecule has 0 fully saturated rings. The predicted octanol–water partition coefficient (Wildman–Crippen LogP) is 5.59. The minimum absolute atomic E-state index is 0.144. The number of aromatic nitrogens is 2. The number of ether oxygens (including phenoxy) is 1. The zero-order chi connectivity index (χ0) is 28.4. The maximum Gasteiger partial charge on any atom is 0.307 e. The molecule has 204 valence electrons. The first-order valence-electron chi connectivity index (χ1n) is 13.0. The number of rotatable bonds is 8. The van der Waals surface area contributed by atoms with Gasteiger partial charge in [0.05, 0.1) is 24.3 Å². The molecular weight excluding hydrogens is 511 g/mol. The molecule has 2 aromatic carbocycles. The van der Waals surface area contributed by atoms with E-state index in [1.807, 2.05) is 55.1 Å². The van der Waals surface area contributed by atoms with Crippen LogP contribution in [0.3, 0.4) is 0 Å². The zero-order valence-corrected chi connectivity index (χ0v) is 22.5. The molecule has 1 aliphatic rings. The first-order valence-corrected chi connectivity index (χ1v) is 13.0. The van der Waals surface area contributed by atoms with Gasteiger partial charge in [-0.1, -0.05) is 18.2 Å². The molecule has 0 atom stereocenters. The quantitative estimate of drug-likeness (QED) is 0.311. The van der Waals surface area contributed by atoms with Gasteiger partial charge in [0, 0.05) is 32.4 Å². The minimum Gasteiger partial charge on any atom is -0.493 e. The van der Waals surface area contributed by atoms with Crippen molar-refractivity contribution in [1.82, 2.24) is 9.97 Å². The summed E-state index contributed by atoms with van der Waals surface area (Å²) in [6.07, 6.45) is 3.67. The topological polar surface area (TPSA) is 95.9 Å². The van der Waals surface area contributed by atoms with Gasteiger partial charge in [-0.25, -0.2) is 14.4 Å². The number of amides is 1. The number of aryl methyl sites for hydroxylation is 1. The normalized spacial score (nSPS) is 12.6. The third-order valence-corrected chi connectivity index (χ3v) is 6.96. The maximum atomic E-state index is 14.4. The summed E-state index contributed by atoms with van der Waals surface area (Å²) in [4.78, 5) is 37.0. The molecule has 0 spiro atoms. The number of carbonyl (C=O) groups excluding carboxylic acids is 1. The minimum atomic E-state index is -1.07. The summed E-state index contributed by atoms with van der Waals surface area (Å²) in [5.41, 5.74) is 4.62. The molecule has 0 unspecified atom stereocenters. The van der Waals surface area contributed by atoms with Crippen molar-refractivity contribution in [3.63, 3.8) is 0 Å². The molecule has 40 heavy (non-hydrogen) atoms. The number of hydrogen-bond acceptors (Lipinski definition) is 6. The lowest BCUT2D eigenvalue weighted by Crippen LogP contribution is -2.25. The van der Waals surface area contributed by atoms with Crippen LogP contribution in [0, 0.1) is 12.7 Å². The van der Waals surface area contributed by atoms with Gasteiger partial charge in [-0.05, 0) is 78.1 Å². The lowest BCUT2D eigenvalue weighted by Gasteiger charge is -2.22. The van der Waals surface area contributed by atoms with Crippen molar-refractivity contribution in [1.29, 1.82) is 0 Å². The van der Waals surface area contributed by atoms with Gasteiger partial charge in [0.1, 0.15) is 17.4 Å². The van der Waals surface area contributed by atoms with Crippen molar-refractivity contribution in [2.45, 2.75) is 26.7 Å². The van der Waals surface area contributed by atoms with Gasteiger partial charge in [0.25, 0.3) is 5.91 Å². The Balaban J connectivity index is 1.29. The summed E-state index contributed by atoms with van der Waals surface area (Å²) >= 11 is 0. The fourth-order valence-corrected chi connectivity index (χ4v) is 4.86. The van der Waals surface area contributed by atoms with Crippen molar-refractivity contribution in [3.05, 3.63) is 95.1 Å². The van der Waals surface area contributed by atoms with E-state index in [2.05, 4.69) is 9.97 Å². The fourth-order valence-electron chi connectivity index (χ4n) is 4.86. The van der Waals surface area contributed by atoms with Gasteiger partial charge in [-0.2, -0.15) is 0 Å². The van der Waals surface area contributed by atoms with Gasteiger partial charge >= 0.3 is 5.97 Å². The van der Waals surface area contributed by atoms with Crippen LogP contribution in [0.2, 0.25) is 0 Å². The molecule has 1 aliphatic heterocycles. The third kappa shape index (κ3) is 5.22. The maximum absolute atomic E-state index is 14.4. The second kappa shape index (κ2) is 11.1. The van der Waals surface area contributed by atoms with Gasteiger partial charge in [0.15, 0.2) is 5.82 Å². The second-order valence-electron chi connectivity index (χ2n) is 9.62. The Morgan fingerprint density at radius 1 is 1.05 bits per heavy atom. The summed E-state index contributed by atoms with van der Waals surface area (Å²) in [6.45, 7) is 4.90. The summed E-state index contributed by atoms with van der Waals surface area (Å²) in [6, 6.07) is 15.7. The molecule has 3 heterocycles. The Morgan fingerprint density at radius 2 is 1.82 bits per heavy atom. The monoisotopic (exact) mass is 540 g/mol. The average Bonchev–Trinajstić information content (AvgIpc) is 3.03.